The molecule has 0 bridgehead atoms. The molecule has 0 spiro atoms. The van der Waals surface area contributed by atoms with Crippen molar-refractivity contribution in [2.45, 2.75) is 26.9 Å². The number of anilines is 1. The first-order valence-corrected chi connectivity index (χ1v) is 10.2. The van der Waals surface area contributed by atoms with Crippen LogP contribution in [-0.4, -0.2) is 37.6 Å². The first-order chi connectivity index (χ1) is 16.0. The summed E-state index contributed by atoms with van der Waals surface area (Å²) in [7, 11) is 1.47. The summed E-state index contributed by atoms with van der Waals surface area (Å²) in [5, 5.41) is 6.90. The predicted octanol–water partition coefficient (Wildman–Crippen LogP) is 4.87. The molecule has 34 heavy (non-hydrogen) atoms. The van der Waals surface area contributed by atoms with E-state index in [0.717, 1.165) is 6.07 Å². The van der Waals surface area contributed by atoms with Crippen LogP contribution in [0.15, 0.2) is 48.9 Å². The van der Waals surface area contributed by atoms with E-state index in [4.69, 9.17) is 4.74 Å². The van der Waals surface area contributed by atoms with Crippen molar-refractivity contribution in [3.05, 3.63) is 54.5 Å². The first kappa shape index (κ1) is 23.1. The minimum Gasteiger partial charge on any atom is -0.467 e. The molecule has 11 heteroatoms. The van der Waals surface area contributed by atoms with Crippen molar-refractivity contribution >= 4 is 17.2 Å². The number of carbonyl (C=O) groups excluding carboxylic acids is 1. The fraction of sp³-hybridized carbons (Fsp3) is 0.261. The Morgan fingerprint density at radius 3 is 2.32 bits per heavy atom. The minimum absolute atomic E-state index is 0.228. The van der Waals surface area contributed by atoms with Crippen molar-refractivity contribution in [3.8, 4) is 28.5 Å². The van der Waals surface area contributed by atoms with Crippen LogP contribution in [0.4, 0.5) is 18.9 Å². The lowest BCUT2D eigenvalue weighted by Crippen LogP contribution is -2.28. The van der Waals surface area contributed by atoms with Crippen LogP contribution in [0.3, 0.4) is 0 Å². The van der Waals surface area contributed by atoms with E-state index in [1.807, 2.05) is 0 Å². The van der Waals surface area contributed by atoms with Gasteiger partial charge in [-0.2, -0.15) is 18.3 Å². The minimum atomic E-state index is -4.63. The third-order valence-corrected chi connectivity index (χ3v) is 4.98. The lowest BCUT2D eigenvalue weighted by atomic mass is 9.95. The van der Waals surface area contributed by atoms with Gasteiger partial charge in [0.15, 0.2) is 5.65 Å². The maximum atomic E-state index is 13.6. The number of aromatic nitrogens is 5. The third-order valence-electron chi connectivity index (χ3n) is 4.98. The highest BCUT2D eigenvalue weighted by Crippen LogP contribution is 2.37. The highest BCUT2D eigenvalue weighted by Gasteiger charge is 2.35. The van der Waals surface area contributed by atoms with Crippen LogP contribution < -0.4 is 10.1 Å². The Bertz CT molecular complexity index is 1360. The van der Waals surface area contributed by atoms with Gasteiger partial charge < -0.3 is 10.1 Å². The number of rotatable bonds is 4. The number of methoxy groups -OCH3 is 1. The number of hydrogen-bond donors (Lipinski definition) is 1. The van der Waals surface area contributed by atoms with Crippen LogP contribution >= 0.6 is 0 Å². The zero-order valence-corrected chi connectivity index (χ0v) is 18.8. The van der Waals surface area contributed by atoms with Crippen LogP contribution in [-0.2, 0) is 11.0 Å². The van der Waals surface area contributed by atoms with Gasteiger partial charge in [0.05, 0.1) is 35.9 Å². The highest BCUT2D eigenvalue weighted by atomic mass is 19.4. The quantitative estimate of drug-likeness (QED) is 0.458. The van der Waals surface area contributed by atoms with Gasteiger partial charge in [0.25, 0.3) is 0 Å². The summed E-state index contributed by atoms with van der Waals surface area (Å²) >= 11 is 0. The van der Waals surface area contributed by atoms with Gasteiger partial charge in [0.2, 0.25) is 5.91 Å². The molecule has 0 aliphatic heterocycles. The van der Waals surface area contributed by atoms with Gasteiger partial charge in [0, 0.05) is 28.9 Å². The van der Waals surface area contributed by atoms with Crippen LogP contribution in [0.1, 0.15) is 26.3 Å². The van der Waals surface area contributed by atoms with Crippen molar-refractivity contribution in [2.24, 2.45) is 5.41 Å². The largest absolute Gasteiger partial charge is 0.467 e. The van der Waals surface area contributed by atoms with Gasteiger partial charge in [0.1, 0.15) is 0 Å². The summed E-state index contributed by atoms with van der Waals surface area (Å²) in [6.07, 6.45) is 0.103. The number of amides is 1. The van der Waals surface area contributed by atoms with Crippen molar-refractivity contribution in [3.63, 3.8) is 0 Å². The van der Waals surface area contributed by atoms with Crippen LogP contribution in [0, 0.1) is 5.41 Å². The Kier molecular flexibility index (Phi) is 5.72. The predicted molar refractivity (Wildman–Crippen MR) is 119 cm³/mol. The first-order valence-electron chi connectivity index (χ1n) is 10.2. The Balaban J connectivity index is 1.73. The number of fused-ring (bicyclic) bond motifs is 1. The van der Waals surface area contributed by atoms with Crippen LogP contribution in [0.2, 0.25) is 0 Å². The van der Waals surface area contributed by atoms with Gasteiger partial charge in [-0.25, -0.2) is 19.5 Å². The average molecular weight is 470 g/mol. The Morgan fingerprint density at radius 2 is 1.71 bits per heavy atom. The molecular formula is C23H21F3N6O2. The van der Waals surface area contributed by atoms with Crippen molar-refractivity contribution in [1.29, 1.82) is 0 Å². The Labute approximate surface area is 192 Å². The monoisotopic (exact) mass is 470 g/mol. The topological polar surface area (TPSA) is 94.3 Å². The molecule has 1 aromatic carbocycles. The highest BCUT2D eigenvalue weighted by molar-refractivity contribution is 5.96. The van der Waals surface area contributed by atoms with Gasteiger partial charge in [-0.05, 0) is 24.3 Å². The summed E-state index contributed by atoms with van der Waals surface area (Å²) in [6.45, 7) is 4.87. The Hall–Kier alpha value is -4.02. The molecule has 0 unspecified atom stereocenters. The van der Waals surface area contributed by atoms with E-state index in [1.165, 1.54) is 23.8 Å². The van der Waals surface area contributed by atoms with Gasteiger partial charge in [-0.15, -0.1) is 0 Å². The number of benzene rings is 1. The zero-order chi connectivity index (χ0) is 24.7. The number of imidazole rings is 1. The SMILES string of the molecule is COc1ncc(-c2ccc3nc(-c4ccc(C(F)(F)F)c(NC(=O)C(C)(C)C)c4)cn3n2)cn1. The summed E-state index contributed by atoms with van der Waals surface area (Å²) in [6, 6.07) is 7.21. The summed E-state index contributed by atoms with van der Waals surface area (Å²) in [5.41, 5.74) is 0.391. The molecule has 1 N–H and O–H groups in total. The molecule has 8 nitrogen and oxygen atoms in total. The van der Waals surface area contributed by atoms with Crippen molar-refractivity contribution in [2.75, 3.05) is 12.4 Å². The number of alkyl halides is 3. The van der Waals surface area contributed by atoms with Crippen LogP contribution in [0.25, 0.3) is 28.2 Å². The molecule has 0 aliphatic rings. The zero-order valence-electron chi connectivity index (χ0n) is 18.8. The van der Waals surface area contributed by atoms with Crippen molar-refractivity contribution < 1.29 is 22.7 Å². The summed E-state index contributed by atoms with van der Waals surface area (Å²) in [5.74, 6) is -0.529. The summed E-state index contributed by atoms with van der Waals surface area (Å²) < 4.78 is 47.1. The molecule has 0 saturated carbocycles. The fourth-order valence-electron chi connectivity index (χ4n) is 3.09. The number of carbonyl (C=O) groups is 1. The lowest BCUT2D eigenvalue weighted by molar-refractivity contribution is -0.137. The fourth-order valence-corrected chi connectivity index (χ4v) is 3.09. The molecule has 1 amide bonds. The smallest absolute Gasteiger partial charge is 0.418 e. The van der Waals surface area contributed by atoms with Gasteiger partial charge in [-0.1, -0.05) is 26.8 Å². The van der Waals surface area contributed by atoms with E-state index in [1.54, 1.807) is 51.5 Å². The second-order valence-electron chi connectivity index (χ2n) is 8.57. The number of hydrogen-bond acceptors (Lipinski definition) is 6. The van der Waals surface area contributed by atoms with E-state index < -0.39 is 23.1 Å². The van der Waals surface area contributed by atoms with E-state index in [2.05, 4.69) is 25.4 Å². The molecule has 0 aliphatic carbocycles. The van der Waals surface area contributed by atoms with Crippen molar-refractivity contribution in [1.82, 2.24) is 24.6 Å². The molecule has 0 fully saturated rings. The molecule has 3 aromatic heterocycles. The van der Waals surface area contributed by atoms with Gasteiger partial charge >= 0.3 is 12.2 Å². The molecule has 0 saturated heterocycles. The second-order valence-corrected chi connectivity index (χ2v) is 8.57. The molecule has 4 aromatic rings. The number of nitrogens with zero attached hydrogens (tertiary/aromatic N) is 5. The maximum Gasteiger partial charge on any atom is 0.418 e. The molecule has 3 heterocycles. The molecule has 0 radical (unpaired) electrons. The molecule has 4 rings (SSSR count). The van der Waals surface area contributed by atoms with E-state index in [9.17, 15) is 18.0 Å². The number of ether oxygens (including phenoxy) is 1. The summed E-state index contributed by atoms with van der Waals surface area (Å²) in [4.78, 5) is 25.0. The molecule has 176 valence electrons. The third kappa shape index (κ3) is 4.68. The van der Waals surface area contributed by atoms with Gasteiger partial charge in [-0.3, -0.25) is 4.79 Å². The maximum absolute atomic E-state index is 13.6. The van der Waals surface area contributed by atoms with E-state index in [-0.39, 0.29) is 11.7 Å². The average Bonchev–Trinajstić information content (AvgIpc) is 3.21. The standard InChI is InChI=1S/C23H21F3N6O2/c1-22(2,3)20(33)30-17-9-13(5-6-15(17)23(24,25)26)18-12-32-19(29-18)8-7-16(31-32)14-10-27-21(34-4)28-11-14/h5-12H,1-4H3,(H,30,33). The lowest BCUT2D eigenvalue weighted by Gasteiger charge is -2.20. The van der Waals surface area contributed by atoms with Crippen LogP contribution in [0.5, 0.6) is 6.01 Å². The van der Waals surface area contributed by atoms with E-state index in [0.29, 0.717) is 28.2 Å². The number of halogens is 3. The van der Waals surface area contributed by atoms with E-state index >= 15 is 0 Å². The second kappa shape index (κ2) is 8.40. The normalized spacial score (nSPS) is 12.1. The molecule has 0 atom stereocenters. The molecular weight excluding hydrogens is 449 g/mol. The Morgan fingerprint density at radius 1 is 1.00 bits per heavy atom. The number of nitrogens with one attached hydrogen (secondary N) is 1.